The Hall–Kier alpha value is -1.27. The summed E-state index contributed by atoms with van der Waals surface area (Å²) >= 11 is 11.6. The second-order valence-corrected chi connectivity index (χ2v) is 6.53. The monoisotopic (exact) mass is 331 g/mol. The number of hydrogen-bond acceptors (Lipinski definition) is 3. The highest BCUT2D eigenvalue weighted by Crippen LogP contribution is 2.26. The fraction of sp³-hybridized carbons (Fsp3) is 0.0769. The zero-order valence-corrected chi connectivity index (χ0v) is 12.5. The molecule has 0 aromatic heterocycles. The van der Waals surface area contributed by atoms with Gasteiger partial charge in [0.05, 0.1) is 21.5 Å². The molecule has 20 heavy (non-hydrogen) atoms. The largest absolute Gasteiger partial charge is 0.392 e. The normalized spacial score (nSPS) is 11.3. The summed E-state index contributed by atoms with van der Waals surface area (Å²) in [4.78, 5) is 0.0261. The van der Waals surface area contributed by atoms with Gasteiger partial charge in [-0.25, -0.2) is 8.42 Å². The van der Waals surface area contributed by atoms with Gasteiger partial charge in [-0.3, -0.25) is 4.72 Å². The van der Waals surface area contributed by atoms with Crippen molar-refractivity contribution in [3.05, 3.63) is 58.1 Å². The standard InChI is InChI=1S/C13H11Cl2NO3S/c14-12-6-5-11(7-13(12)15)20(18,19)16-10-3-1-9(8-17)2-4-10/h1-7,16-17H,8H2. The van der Waals surface area contributed by atoms with E-state index in [1.807, 2.05) is 0 Å². The average molecular weight is 332 g/mol. The maximum absolute atomic E-state index is 12.2. The summed E-state index contributed by atoms with van der Waals surface area (Å²) in [5.41, 5.74) is 1.09. The number of aliphatic hydroxyl groups excluding tert-OH is 1. The molecule has 0 aliphatic heterocycles. The first-order valence-corrected chi connectivity index (χ1v) is 7.84. The maximum atomic E-state index is 12.2. The van der Waals surface area contributed by atoms with Gasteiger partial charge in [-0.2, -0.15) is 0 Å². The summed E-state index contributed by atoms with van der Waals surface area (Å²) in [5, 5.41) is 9.39. The molecule has 0 unspecified atom stereocenters. The van der Waals surface area contributed by atoms with Crippen LogP contribution in [-0.2, 0) is 16.6 Å². The highest BCUT2D eigenvalue weighted by atomic mass is 35.5. The molecule has 2 aromatic carbocycles. The fourth-order valence-corrected chi connectivity index (χ4v) is 2.98. The maximum Gasteiger partial charge on any atom is 0.261 e. The van der Waals surface area contributed by atoms with Crippen LogP contribution in [0.15, 0.2) is 47.4 Å². The van der Waals surface area contributed by atoms with E-state index in [1.165, 1.54) is 18.2 Å². The van der Waals surface area contributed by atoms with E-state index in [-0.39, 0.29) is 21.5 Å². The molecule has 0 fully saturated rings. The highest BCUT2D eigenvalue weighted by molar-refractivity contribution is 7.92. The van der Waals surface area contributed by atoms with E-state index < -0.39 is 10.0 Å². The lowest BCUT2D eigenvalue weighted by Crippen LogP contribution is -2.12. The third kappa shape index (κ3) is 3.43. The van der Waals surface area contributed by atoms with Crippen molar-refractivity contribution in [2.24, 2.45) is 0 Å². The second-order valence-electron chi connectivity index (χ2n) is 4.04. The van der Waals surface area contributed by atoms with Crippen LogP contribution in [0.1, 0.15) is 5.56 Å². The Labute approximate surface area is 127 Å². The predicted octanol–water partition coefficient (Wildman–Crippen LogP) is 3.29. The number of rotatable bonds is 4. The minimum absolute atomic E-state index is 0.0261. The molecular formula is C13H11Cl2NO3S. The first kappa shape index (κ1) is 15.1. The summed E-state index contributed by atoms with van der Waals surface area (Å²) in [6.07, 6.45) is 0. The lowest BCUT2D eigenvalue weighted by Gasteiger charge is -2.09. The number of sulfonamides is 1. The molecule has 0 spiro atoms. The smallest absolute Gasteiger partial charge is 0.261 e. The van der Waals surface area contributed by atoms with Crippen LogP contribution in [-0.4, -0.2) is 13.5 Å². The zero-order chi connectivity index (χ0) is 14.8. The van der Waals surface area contributed by atoms with Gasteiger partial charge in [0.25, 0.3) is 10.0 Å². The molecule has 0 saturated heterocycles. The number of anilines is 1. The topological polar surface area (TPSA) is 66.4 Å². The van der Waals surface area contributed by atoms with E-state index in [9.17, 15) is 8.42 Å². The van der Waals surface area contributed by atoms with Crippen LogP contribution in [0.2, 0.25) is 10.0 Å². The zero-order valence-electron chi connectivity index (χ0n) is 10.2. The molecule has 2 N–H and O–H groups in total. The van der Waals surface area contributed by atoms with Crippen LogP contribution < -0.4 is 4.72 Å². The van der Waals surface area contributed by atoms with E-state index in [4.69, 9.17) is 28.3 Å². The van der Waals surface area contributed by atoms with Crippen LogP contribution in [0, 0.1) is 0 Å². The van der Waals surface area contributed by atoms with Gasteiger partial charge in [0.2, 0.25) is 0 Å². The number of hydrogen-bond donors (Lipinski definition) is 2. The summed E-state index contributed by atoms with van der Waals surface area (Å²) in [6.45, 7) is -0.0974. The summed E-state index contributed by atoms with van der Waals surface area (Å²) < 4.78 is 26.7. The van der Waals surface area contributed by atoms with Crippen LogP contribution in [0.4, 0.5) is 5.69 Å². The Kier molecular flexibility index (Phi) is 4.55. The van der Waals surface area contributed by atoms with Gasteiger partial charge in [0, 0.05) is 5.69 Å². The van der Waals surface area contributed by atoms with Gasteiger partial charge in [-0.15, -0.1) is 0 Å². The molecule has 0 radical (unpaired) electrons. The highest BCUT2D eigenvalue weighted by Gasteiger charge is 2.15. The predicted molar refractivity (Wildman–Crippen MR) is 79.6 cm³/mol. The third-order valence-corrected chi connectivity index (χ3v) is 4.71. The lowest BCUT2D eigenvalue weighted by atomic mass is 10.2. The Balaban J connectivity index is 2.27. The summed E-state index contributed by atoms with van der Waals surface area (Å²) in [7, 11) is -3.73. The van der Waals surface area contributed by atoms with Crippen LogP contribution >= 0.6 is 23.2 Å². The Morgan fingerprint density at radius 1 is 1.00 bits per heavy atom. The molecule has 0 aliphatic carbocycles. The van der Waals surface area contributed by atoms with E-state index in [1.54, 1.807) is 24.3 Å². The number of benzene rings is 2. The minimum Gasteiger partial charge on any atom is -0.392 e. The van der Waals surface area contributed by atoms with Crippen molar-refractivity contribution in [1.82, 2.24) is 0 Å². The van der Waals surface area contributed by atoms with Crippen molar-refractivity contribution in [3.8, 4) is 0 Å². The molecule has 0 aliphatic rings. The average Bonchev–Trinajstić information content (AvgIpc) is 2.42. The molecule has 0 amide bonds. The van der Waals surface area contributed by atoms with Gasteiger partial charge in [0.1, 0.15) is 0 Å². The van der Waals surface area contributed by atoms with Gasteiger partial charge in [0.15, 0.2) is 0 Å². The molecule has 0 bridgehead atoms. The van der Waals surface area contributed by atoms with Crippen molar-refractivity contribution in [3.63, 3.8) is 0 Å². The molecule has 106 valence electrons. The number of aliphatic hydroxyl groups is 1. The molecule has 2 aromatic rings. The van der Waals surface area contributed by atoms with Gasteiger partial charge in [-0.1, -0.05) is 35.3 Å². The molecule has 2 rings (SSSR count). The van der Waals surface area contributed by atoms with Crippen LogP contribution in [0.5, 0.6) is 0 Å². The SMILES string of the molecule is O=S(=O)(Nc1ccc(CO)cc1)c1ccc(Cl)c(Cl)c1. The van der Waals surface area contributed by atoms with E-state index in [0.717, 1.165) is 0 Å². The van der Waals surface area contributed by atoms with Gasteiger partial charge in [-0.05, 0) is 35.9 Å². The molecular weight excluding hydrogens is 321 g/mol. The lowest BCUT2D eigenvalue weighted by molar-refractivity contribution is 0.282. The summed E-state index contributed by atoms with van der Waals surface area (Å²) in [6, 6.07) is 10.5. The molecule has 0 saturated carbocycles. The Bertz CT molecular complexity index is 715. The van der Waals surface area contributed by atoms with Crippen LogP contribution in [0.3, 0.4) is 0 Å². The van der Waals surface area contributed by atoms with Crippen molar-refractivity contribution in [2.45, 2.75) is 11.5 Å². The van der Waals surface area contributed by atoms with Gasteiger partial charge < -0.3 is 5.11 Å². The van der Waals surface area contributed by atoms with E-state index in [2.05, 4.69) is 4.72 Å². The summed E-state index contributed by atoms with van der Waals surface area (Å²) in [5.74, 6) is 0. The second kappa shape index (κ2) is 6.01. The Morgan fingerprint density at radius 3 is 2.20 bits per heavy atom. The molecule has 4 nitrogen and oxygen atoms in total. The quantitative estimate of drug-likeness (QED) is 0.903. The van der Waals surface area contributed by atoms with Crippen LogP contribution in [0.25, 0.3) is 0 Å². The Morgan fingerprint density at radius 2 is 1.65 bits per heavy atom. The minimum atomic E-state index is -3.73. The third-order valence-electron chi connectivity index (χ3n) is 2.59. The van der Waals surface area contributed by atoms with Gasteiger partial charge >= 0.3 is 0 Å². The van der Waals surface area contributed by atoms with Crippen molar-refractivity contribution in [1.29, 1.82) is 0 Å². The first-order valence-electron chi connectivity index (χ1n) is 5.60. The molecule has 7 heteroatoms. The van der Waals surface area contributed by atoms with Crippen molar-refractivity contribution >= 4 is 38.9 Å². The number of nitrogens with one attached hydrogen (secondary N) is 1. The fourth-order valence-electron chi connectivity index (χ4n) is 1.54. The molecule has 0 heterocycles. The van der Waals surface area contributed by atoms with E-state index >= 15 is 0 Å². The first-order chi connectivity index (χ1) is 9.42. The molecule has 0 atom stereocenters. The number of halogens is 2. The van der Waals surface area contributed by atoms with Crippen molar-refractivity contribution in [2.75, 3.05) is 4.72 Å². The van der Waals surface area contributed by atoms with E-state index in [0.29, 0.717) is 11.3 Å². The van der Waals surface area contributed by atoms with Crippen molar-refractivity contribution < 1.29 is 13.5 Å².